The number of carbonyl (C=O) groups is 1. The van der Waals surface area contributed by atoms with Crippen molar-refractivity contribution in [2.24, 2.45) is 0 Å². The van der Waals surface area contributed by atoms with Crippen molar-refractivity contribution in [1.29, 1.82) is 0 Å². The van der Waals surface area contributed by atoms with Gasteiger partial charge in [-0.3, -0.25) is 9.69 Å². The van der Waals surface area contributed by atoms with Gasteiger partial charge in [-0.2, -0.15) is 0 Å². The van der Waals surface area contributed by atoms with E-state index in [0.29, 0.717) is 11.4 Å². The fourth-order valence-corrected chi connectivity index (χ4v) is 2.90. The molecule has 0 bridgehead atoms. The normalized spacial score (nSPS) is 15.0. The van der Waals surface area contributed by atoms with Crippen LogP contribution < -0.4 is 9.88 Å². The van der Waals surface area contributed by atoms with E-state index >= 15 is 0 Å². The first-order valence-corrected chi connectivity index (χ1v) is 7.85. The number of pyridine rings is 1. The summed E-state index contributed by atoms with van der Waals surface area (Å²) in [5.74, 6) is 1.24. The number of H-pyrrole nitrogens is 1. The maximum absolute atomic E-state index is 12.4. The van der Waals surface area contributed by atoms with Crippen LogP contribution in [0, 0.1) is 0 Å². The quantitative estimate of drug-likeness (QED) is 0.869. The molecule has 0 aliphatic carbocycles. The summed E-state index contributed by atoms with van der Waals surface area (Å²) in [6.45, 7) is 3.17. The summed E-state index contributed by atoms with van der Waals surface area (Å²) in [6.07, 6.45) is 2.29. The van der Waals surface area contributed by atoms with Crippen molar-refractivity contribution in [2.75, 3.05) is 31.1 Å². The van der Waals surface area contributed by atoms with Crippen molar-refractivity contribution in [2.45, 2.75) is 6.42 Å². The molecule has 0 atom stereocenters. The van der Waals surface area contributed by atoms with Gasteiger partial charge in [-0.25, -0.2) is 4.98 Å². The molecule has 114 valence electrons. The zero-order valence-electron chi connectivity index (χ0n) is 12.3. The van der Waals surface area contributed by atoms with Crippen LogP contribution in [-0.4, -0.2) is 37.0 Å². The zero-order chi connectivity index (χ0) is 15.4. The lowest BCUT2D eigenvalue weighted by atomic mass is 10.1. The third-order valence-corrected chi connectivity index (χ3v) is 4.33. The summed E-state index contributed by atoms with van der Waals surface area (Å²) in [7, 11) is 0. The average molecular weight is 317 g/mol. The molecule has 1 aliphatic heterocycles. The van der Waals surface area contributed by atoms with Crippen molar-refractivity contribution in [3.8, 4) is 0 Å². The summed E-state index contributed by atoms with van der Waals surface area (Å²) >= 11 is 6.13. The highest BCUT2D eigenvalue weighted by Crippen LogP contribution is 2.17. The van der Waals surface area contributed by atoms with Gasteiger partial charge in [0, 0.05) is 11.1 Å². The summed E-state index contributed by atoms with van der Waals surface area (Å²) < 4.78 is 0. The number of rotatable bonds is 3. The minimum absolute atomic E-state index is 0.143. The van der Waals surface area contributed by atoms with Crippen LogP contribution in [0.4, 0.5) is 5.82 Å². The molecule has 1 aromatic carbocycles. The number of anilines is 1. The Labute approximate surface area is 135 Å². The van der Waals surface area contributed by atoms with Gasteiger partial charge in [0.2, 0.25) is 5.91 Å². The van der Waals surface area contributed by atoms with Crippen LogP contribution in [0.5, 0.6) is 0 Å². The molecule has 1 amide bonds. The molecule has 0 saturated carbocycles. The minimum Gasteiger partial charge on any atom is -0.335 e. The third-order valence-electron chi connectivity index (χ3n) is 3.97. The first-order valence-electron chi connectivity index (χ1n) is 7.47. The molecule has 1 aromatic heterocycles. The third kappa shape index (κ3) is 3.39. The number of nitrogens with zero attached hydrogens (tertiary/aromatic N) is 2. The van der Waals surface area contributed by atoms with E-state index in [0.717, 1.165) is 37.6 Å². The second-order valence-electron chi connectivity index (χ2n) is 5.38. The van der Waals surface area contributed by atoms with Crippen molar-refractivity contribution in [1.82, 2.24) is 4.90 Å². The number of benzene rings is 1. The van der Waals surface area contributed by atoms with Gasteiger partial charge >= 0.3 is 0 Å². The number of aromatic nitrogens is 1. The molecular weight excluding hydrogens is 298 g/mol. The zero-order valence-corrected chi connectivity index (χ0v) is 13.1. The first kappa shape index (κ1) is 14.9. The largest absolute Gasteiger partial charge is 0.335 e. The molecule has 2 aromatic rings. The van der Waals surface area contributed by atoms with Gasteiger partial charge in [0.05, 0.1) is 25.7 Å². The molecule has 3 rings (SSSR count). The Kier molecular flexibility index (Phi) is 4.59. The van der Waals surface area contributed by atoms with Gasteiger partial charge in [0.1, 0.15) is 13.1 Å². The number of hydrogen-bond acceptors (Lipinski definition) is 2. The number of amides is 1. The Morgan fingerprint density at radius 3 is 2.45 bits per heavy atom. The molecule has 0 unspecified atom stereocenters. The molecule has 1 fully saturated rings. The molecule has 22 heavy (non-hydrogen) atoms. The van der Waals surface area contributed by atoms with Crippen LogP contribution in [0.1, 0.15) is 5.56 Å². The molecule has 1 aliphatic rings. The molecule has 0 radical (unpaired) electrons. The first-order chi connectivity index (χ1) is 10.7. The number of hydrogen-bond donors (Lipinski definition) is 0. The Bertz CT molecular complexity index is 639. The molecule has 0 spiro atoms. The number of aromatic amines is 1. The van der Waals surface area contributed by atoms with Gasteiger partial charge in [0.15, 0.2) is 0 Å². The van der Waals surface area contributed by atoms with E-state index in [4.69, 9.17) is 11.6 Å². The maximum Gasteiger partial charge on any atom is 0.274 e. The van der Waals surface area contributed by atoms with E-state index < -0.39 is 0 Å². The summed E-state index contributed by atoms with van der Waals surface area (Å²) in [4.78, 5) is 19.8. The predicted molar refractivity (Wildman–Crippen MR) is 86.9 cm³/mol. The van der Waals surface area contributed by atoms with Crippen LogP contribution >= 0.6 is 11.6 Å². The van der Waals surface area contributed by atoms with Crippen LogP contribution in [0.3, 0.4) is 0 Å². The number of carbonyl (C=O) groups excluding carboxylic acids is 1. The highest BCUT2D eigenvalue weighted by atomic mass is 35.5. The molecule has 4 nitrogen and oxygen atoms in total. The lowest BCUT2D eigenvalue weighted by molar-refractivity contribution is -0.364. The number of nitrogens with one attached hydrogen (secondary N) is 1. The second kappa shape index (κ2) is 6.79. The van der Waals surface area contributed by atoms with Crippen molar-refractivity contribution in [3.63, 3.8) is 0 Å². The Balaban J connectivity index is 1.57. The minimum atomic E-state index is 0.143. The highest BCUT2D eigenvalue weighted by molar-refractivity contribution is 6.31. The standard InChI is InChI=1S/C17H18ClN3O/c18-15-6-2-1-5-14(15)13-17(22)21-11-9-20(10-12-21)16-7-3-4-8-19-16/h1-8H,9-13H2/p+1. The van der Waals surface area contributed by atoms with Crippen molar-refractivity contribution < 1.29 is 9.78 Å². The molecule has 2 heterocycles. The van der Waals surface area contributed by atoms with Crippen LogP contribution in [-0.2, 0) is 11.2 Å². The van der Waals surface area contributed by atoms with Crippen LogP contribution in [0.2, 0.25) is 5.02 Å². The van der Waals surface area contributed by atoms with E-state index in [1.165, 1.54) is 0 Å². The maximum atomic E-state index is 12.4. The monoisotopic (exact) mass is 316 g/mol. The van der Waals surface area contributed by atoms with Gasteiger partial charge in [-0.05, 0) is 17.7 Å². The SMILES string of the molecule is O=C(Cc1ccccc1Cl)N1CCN(c2cccc[nH+]2)CC1. The average Bonchev–Trinajstić information content (AvgIpc) is 2.58. The van der Waals surface area contributed by atoms with E-state index in [2.05, 4.69) is 16.0 Å². The lowest BCUT2D eigenvalue weighted by Gasteiger charge is -2.31. The van der Waals surface area contributed by atoms with Crippen LogP contribution in [0.25, 0.3) is 0 Å². The summed E-state index contributed by atoms with van der Waals surface area (Å²) in [5, 5.41) is 0.661. The van der Waals surface area contributed by atoms with Gasteiger partial charge in [-0.15, -0.1) is 0 Å². The fourth-order valence-electron chi connectivity index (χ4n) is 2.69. The smallest absolute Gasteiger partial charge is 0.274 e. The van der Waals surface area contributed by atoms with Gasteiger partial charge in [0.25, 0.3) is 5.82 Å². The number of piperazine rings is 1. The number of halogens is 1. The van der Waals surface area contributed by atoms with Gasteiger partial charge < -0.3 is 4.90 Å². The molecular formula is C17H19ClN3O+. The van der Waals surface area contributed by atoms with Crippen LogP contribution in [0.15, 0.2) is 48.7 Å². The Hall–Kier alpha value is -2.07. The Morgan fingerprint density at radius 1 is 1.05 bits per heavy atom. The van der Waals surface area contributed by atoms with Gasteiger partial charge in [-0.1, -0.05) is 35.9 Å². The van der Waals surface area contributed by atoms with Crippen molar-refractivity contribution >= 4 is 23.3 Å². The van der Waals surface area contributed by atoms with E-state index in [1.54, 1.807) is 0 Å². The summed E-state index contributed by atoms with van der Waals surface area (Å²) in [6, 6.07) is 13.6. The van der Waals surface area contributed by atoms with E-state index in [1.807, 2.05) is 47.5 Å². The summed E-state index contributed by atoms with van der Waals surface area (Å²) in [5.41, 5.74) is 0.896. The molecule has 1 saturated heterocycles. The topological polar surface area (TPSA) is 37.7 Å². The van der Waals surface area contributed by atoms with Crippen molar-refractivity contribution in [3.05, 3.63) is 59.2 Å². The predicted octanol–water partition coefficient (Wildman–Crippen LogP) is 2.05. The fraction of sp³-hybridized carbons (Fsp3) is 0.294. The van der Waals surface area contributed by atoms with E-state index in [-0.39, 0.29) is 5.91 Å². The molecule has 1 N–H and O–H groups in total. The highest BCUT2D eigenvalue weighted by Gasteiger charge is 2.26. The second-order valence-corrected chi connectivity index (χ2v) is 5.79. The Morgan fingerprint density at radius 2 is 1.77 bits per heavy atom. The lowest BCUT2D eigenvalue weighted by Crippen LogP contribution is -2.50. The molecule has 5 heteroatoms. The van der Waals surface area contributed by atoms with E-state index in [9.17, 15) is 4.79 Å².